The zero-order chi connectivity index (χ0) is 15.9. The summed E-state index contributed by atoms with van der Waals surface area (Å²) in [6, 6.07) is 0. The Morgan fingerprint density at radius 2 is 1.96 bits per heavy atom. The van der Waals surface area contributed by atoms with Crippen molar-refractivity contribution in [2.75, 3.05) is 0 Å². The van der Waals surface area contributed by atoms with Crippen LogP contribution in [0.3, 0.4) is 0 Å². The molecular weight excluding hydrogens is 330 g/mol. The molecule has 0 aliphatic carbocycles. The summed E-state index contributed by atoms with van der Waals surface area (Å²) in [7, 11) is 0. The highest BCUT2D eigenvalue weighted by Crippen LogP contribution is 2.34. The number of aliphatic hydroxyl groups is 3. The van der Waals surface area contributed by atoms with Crippen LogP contribution in [0.1, 0.15) is 0 Å². The minimum atomic E-state index is -1.78. The van der Waals surface area contributed by atoms with Gasteiger partial charge >= 0.3 is 0 Å². The van der Waals surface area contributed by atoms with E-state index in [0.717, 1.165) is 11.8 Å². The Labute approximate surface area is 133 Å². The molecule has 8 N–H and O–H groups in total. The largest absolute Gasteiger partial charge is 0.547 e. The molecule has 5 atom stereocenters. The fourth-order valence-corrected chi connectivity index (χ4v) is 3.15. The molecule has 12 heteroatoms. The summed E-state index contributed by atoms with van der Waals surface area (Å²) in [5, 5.41) is 40.6. The van der Waals surface area contributed by atoms with E-state index in [-0.39, 0.29) is 6.15 Å². The lowest BCUT2D eigenvalue weighted by molar-refractivity contribution is -0.329. The van der Waals surface area contributed by atoms with Crippen LogP contribution in [-0.4, -0.2) is 71.1 Å². The van der Waals surface area contributed by atoms with Crippen LogP contribution in [0.15, 0.2) is 17.7 Å². The molecule has 3 rings (SSSR count). The van der Waals surface area contributed by atoms with Gasteiger partial charge in [0.15, 0.2) is 5.65 Å². The van der Waals surface area contributed by atoms with Crippen LogP contribution in [-0.2, 0) is 9.53 Å². The van der Waals surface area contributed by atoms with Gasteiger partial charge in [0.25, 0.3) is 0 Å². The Morgan fingerprint density at radius 1 is 1.22 bits per heavy atom. The number of carbonyl (C=O) groups excluding carboxylic acids is 1. The fraction of sp³-hybridized carbons (Fsp3) is 0.455. The van der Waals surface area contributed by atoms with E-state index in [2.05, 4.69) is 19.9 Å². The highest BCUT2D eigenvalue weighted by molar-refractivity contribution is 8.00. The maximum absolute atomic E-state index is 10.9. The number of H-pyrrole nitrogens is 1. The zero-order valence-electron chi connectivity index (χ0n) is 11.9. The van der Waals surface area contributed by atoms with Gasteiger partial charge < -0.3 is 41.1 Å². The van der Waals surface area contributed by atoms with Crippen molar-refractivity contribution in [1.29, 1.82) is 0 Å². The molecule has 11 nitrogen and oxygen atoms in total. The van der Waals surface area contributed by atoms with Crippen LogP contribution >= 0.6 is 11.8 Å². The molecule has 0 saturated carbocycles. The third-order valence-corrected chi connectivity index (χ3v) is 4.37. The number of imidazole rings is 1. The number of carboxylic acids is 1. The monoisotopic (exact) mass is 345 g/mol. The van der Waals surface area contributed by atoms with Crippen LogP contribution < -0.4 is 11.3 Å². The standard InChI is InChI=1S/C11H12N4O6S.H3N/c16-4-5(17)7(10(19)20)21-11(6(4)18)22-9-3-8(13-1-12-3)14-2-15-9;/h1-2,4-7,11,16-18H,(H,19,20)(H,12,13,14,15);1H3/t4-,5-,6+,7-,11-;/m0./s1. The maximum Gasteiger partial charge on any atom is 0.181 e. The van der Waals surface area contributed by atoms with E-state index in [0.29, 0.717) is 16.2 Å². The molecule has 0 aromatic carbocycles. The van der Waals surface area contributed by atoms with Crippen molar-refractivity contribution in [1.82, 2.24) is 26.1 Å². The first-order chi connectivity index (χ1) is 10.5. The molecule has 1 aliphatic heterocycles. The van der Waals surface area contributed by atoms with Gasteiger partial charge in [-0.05, 0) is 0 Å². The van der Waals surface area contributed by atoms with Gasteiger partial charge in [-0.3, -0.25) is 0 Å². The molecule has 1 fully saturated rings. The lowest BCUT2D eigenvalue weighted by Gasteiger charge is -2.40. The molecule has 126 valence electrons. The first-order valence-corrected chi connectivity index (χ1v) is 7.08. The van der Waals surface area contributed by atoms with Crippen LogP contribution in [0, 0.1) is 0 Å². The van der Waals surface area contributed by atoms with Gasteiger partial charge in [-0.15, -0.1) is 0 Å². The smallest absolute Gasteiger partial charge is 0.181 e. The maximum atomic E-state index is 10.9. The number of aliphatic hydroxyl groups excluding tert-OH is 3. The molecular formula is C11H15N5O6S. The van der Waals surface area contributed by atoms with Crippen molar-refractivity contribution in [3.63, 3.8) is 0 Å². The number of ether oxygens (including phenoxy) is 1. The summed E-state index contributed by atoms with van der Waals surface area (Å²) in [5.74, 6) is -1.68. The van der Waals surface area contributed by atoms with E-state index in [1.807, 2.05) is 0 Å². The number of aliphatic carboxylic acids is 1. The zero-order valence-corrected chi connectivity index (χ0v) is 12.7. The van der Waals surface area contributed by atoms with Crippen LogP contribution in [0.2, 0.25) is 0 Å². The Bertz CT molecular complexity index is 698. The highest BCUT2D eigenvalue weighted by Gasteiger charge is 2.45. The molecule has 1 saturated heterocycles. The van der Waals surface area contributed by atoms with Crippen molar-refractivity contribution >= 4 is 28.9 Å². The Kier molecular flexibility index (Phi) is 5.13. The number of fused-ring (bicyclic) bond motifs is 1. The van der Waals surface area contributed by atoms with Gasteiger partial charge in [0.05, 0.1) is 12.3 Å². The minimum Gasteiger partial charge on any atom is -0.547 e. The van der Waals surface area contributed by atoms with E-state index < -0.39 is 35.8 Å². The van der Waals surface area contributed by atoms with Crippen LogP contribution in [0.25, 0.3) is 11.2 Å². The van der Waals surface area contributed by atoms with Crippen molar-refractivity contribution < 1.29 is 30.0 Å². The second-order valence-electron chi connectivity index (χ2n) is 4.61. The van der Waals surface area contributed by atoms with Gasteiger partial charge in [0.1, 0.15) is 46.7 Å². The summed E-state index contributed by atoms with van der Waals surface area (Å²) in [6.45, 7) is 0. The Morgan fingerprint density at radius 3 is 2.65 bits per heavy atom. The minimum absolute atomic E-state index is 0. The quantitative estimate of drug-likeness (QED) is 0.366. The van der Waals surface area contributed by atoms with Crippen molar-refractivity contribution in [3.8, 4) is 0 Å². The average molecular weight is 345 g/mol. The highest BCUT2D eigenvalue weighted by atomic mass is 32.2. The molecule has 2 aromatic rings. The SMILES string of the molecule is O=C([O-])[C@H]1O[C@@H](Sc2ncnc3nc[nH]c23)[C@H](O)[C@@H](O)[C@@H]1O.[NH4+]. The first kappa shape index (κ1) is 17.5. The predicted octanol–water partition coefficient (Wildman–Crippen LogP) is -2.62. The second kappa shape index (κ2) is 6.74. The number of nitrogens with zero attached hydrogens (tertiary/aromatic N) is 3. The summed E-state index contributed by atoms with van der Waals surface area (Å²) in [4.78, 5) is 25.6. The van der Waals surface area contributed by atoms with E-state index in [1.54, 1.807) is 0 Å². The van der Waals surface area contributed by atoms with Gasteiger partial charge in [-0.2, -0.15) is 0 Å². The number of aromatic nitrogens is 4. The average Bonchev–Trinajstić information content (AvgIpc) is 2.97. The molecule has 1 aliphatic rings. The third kappa shape index (κ3) is 3.12. The lowest BCUT2D eigenvalue weighted by atomic mass is 10.0. The summed E-state index contributed by atoms with van der Waals surface area (Å²) in [5.41, 5.74) is -0.295. The third-order valence-electron chi connectivity index (χ3n) is 3.22. The number of carbonyl (C=O) groups is 1. The molecule has 0 unspecified atom stereocenters. The fourth-order valence-electron chi connectivity index (χ4n) is 2.08. The van der Waals surface area contributed by atoms with Gasteiger partial charge in [-0.25, -0.2) is 15.0 Å². The van der Waals surface area contributed by atoms with E-state index >= 15 is 0 Å². The predicted molar refractivity (Wildman–Crippen MR) is 75.2 cm³/mol. The first-order valence-electron chi connectivity index (χ1n) is 6.20. The van der Waals surface area contributed by atoms with Crippen molar-refractivity contribution in [2.45, 2.75) is 34.9 Å². The molecule has 3 heterocycles. The van der Waals surface area contributed by atoms with Crippen LogP contribution in [0.5, 0.6) is 0 Å². The molecule has 0 spiro atoms. The van der Waals surface area contributed by atoms with Crippen LogP contribution in [0.4, 0.5) is 0 Å². The van der Waals surface area contributed by atoms with Crippen molar-refractivity contribution in [3.05, 3.63) is 12.7 Å². The number of nitrogens with one attached hydrogen (secondary N) is 1. The van der Waals surface area contributed by atoms with E-state index in [4.69, 9.17) is 4.74 Å². The number of hydrogen-bond donors (Lipinski definition) is 5. The van der Waals surface area contributed by atoms with E-state index in [9.17, 15) is 25.2 Å². The van der Waals surface area contributed by atoms with Gasteiger partial charge in [0.2, 0.25) is 0 Å². The molecule has 0 amide bonds. The summed E-state index contributed by atoms with van der Waals surface area (Å²) < 4.78 is 5.12. The molecule has 0 radical (unpaired) electrons. The molecule has 0 bridgehead atoms. The summed E-state index contributed by atoms with van der Waals surface area (Å²) >= 11 is 0.877. The number of hydrogen-bond acceptors (Lipinski definition) is 10. The number of carboxylic acid groups (broad SMARTS) is 1. The van der Waals surface area contributed by atoms with E-state index in [1.165, 1.54) is 12.7 Å². The molecule has 23 heavy (non-hydrogen) atoms. The number of thioether (sulfide) groups is 1. The second-order valence-corrected chi connectivity index (χ2v) is 5.70. The van der Waals surface area contributed by atoms with Gasteiger partial charge in [0, 0.05) is 0 Å². The van der Waals surface area contributed by atoms with Crippen molar-refractivity contribution in [2.24, 2.45) is 0 Å². The summed E-state index contributed by atoms with van der Waals surface area (Å²) in [6.07, 6.45) is -4.08. The number of aromatic amines is 1. The topological polar surface area (TPSA) is 201 Å². The van der Waals surface area contributed by atoms with Gasteiger partial charge in [-0.1, -0.05) is 11.8 Å². The Balaban J connectivity index is 0.00000192. The Hall–Kier alpha value is -1.83. The number of quaternary nitrogens is 1. The number of rotatable bonds is 3. The normalized spacial score (nSPS) is 30.8. The lowest BCUT2D eigenvalue weighted by Crippen LogP contribution is -2.61. The molecule has 2 aromatic heterocycles.